The van der Waals surface area contributed by atoms with E-state index in [1.165, 1.54) is 6.92 Å². The summed E-state index contributed by atoms with van der Waals surface area (Å²) in [4.78, 5) is 15.2. The van der Waals surface area contributed by atoms with Crippen molar-refractivity contribution < 1.29 is 14.3 Å². The number of halogens is 1. The Morgan fingerprint density at radius 3 is 2.36 bits per heavy atom. The summed E-state index contributed by atoms with van der Waals surface area (Å²) in [5.41, 5.74) is 0. The van der Waals surface area contributed by atoms with Crippen molar-refractivity contribution in [2.45, 2.75) is 26.7 Å². The van der Waals surface area contributed by atoms with Gasteiger partial charge in [-0.15, -0.1) is 24.0 Å². The number of methoxy groups -OCH3 is 1. The molecule has 0 radical (unpaired) electrons. The summed E-state index contributed by atoms with van der Waals surface area (Å²) in [6.45, 7) is 8.45. The Kier molecular flexibility index (Phi) is 19.8. The molecular formula is C14H31IN4O3. The zero-order valence-electron chi connectivity index (χ0n) is 13.9. The van der Waals surface area contributed by atoms with Gasteiger partial charge in [-0.25, -0.2) is 0 Å². The number of hydrogen-bond donors (Lipinski definition) is 3. The molecule has 8 heteroatoms. The van der Waals surface area contributed by atoms with Gasteiger partial charge in [-0.3, -0.25) is 9.79 Å². The average Bonchev–Trinajstić information content (AvgIpc) is 2.45. The second-order valence-electron chi connectivity index (χ2n) is 4.46. The largest absolute Gasteiger partial charge is 0.383 e. The molecule has 0 saturated heterocycles. The fourth-order valence-electron chi connectivity index (χ4n) is 1.51. The predicted molar refractivity (Wildman–Crippen MR) is 100 cm³/mol. The number of nitrogens with zero attached hydrogens (tertiary/aromatic N) is 1. The smallest absolute Gasteiger partial charge is 0.216 e. The van der Waals surface area contributed by atoms with Gasteiger partial charge in [-0.05, 0) is 19.8 Å². The van der Waals surface area contributed by atoms with Crippen molar-refractivity contribution in [3.8, 4) is 0 Å². The van der Waals surface area contributed by atoms with Crippen LogP contribution in [0.25, 0.3) is 0 Å². The molecule has 0 heterocycles. The van der Waals surface area contributed by atoms with Crippen LogP contribution in [0.15, 0.2) is 4.99 Å². The van der Waals surface area contributed by atoms with E-state index < -0.39 is 0 Å². The number of nitrogens with one attached hydrogen (secondary N) is 3. The molecular weight excluding hydrogens is 399 g/mol. The van der Waals surface area contributed by atoms with Gasteiger partial charge in [0.25, 0.3) is 0 Å². The molecule has 132 valence electrons. The number of carbonyl (C=O) groups excluding carboxylic acids is 1. The molecule has 0 unspecified atom stereocenters. The summed E-state index contributed by atoms with van der Waals surface area (Å²) < 4.78 is 10.3. The van der Waals surface area contributed by atoms with Crippen LogP contribution in [0.4, 0.5) is 0 Å². The van der Waals surface area contributed by atoms with Gasteiger partial charge in [0.15, 0.2) is 5.96 Å². The van der Waals surface area contributed by atoms with Crippen molar-refractivity contribution >= 4 is 35.8 Å². The molecule has 0 atom stereocenters. The third-order valence-corrected chi connectivity index (χ3v) is 2.54. The zero-order chi connectivity index (χ0) is 15.8. The highest BCUT2D eigenvalue weighted by molar-refractivity contribution is 14.0. The lowest BCUT2D eigenvalue weighted by Crippen LogP contribution is -2.40. The Morgan fingerprint density at radius 2 is 1.73 bits per heavy atom. The molecule has 0 aliphatic carbocycles. The minimum absolute atomic E-state index is 0. The lowest BCUT2D eigenvalue weighted by Gasteiger charge is -2.12. The van der Waals surface area contributed by atoms with Crippen LogP contribution in [-0.2, 0) is 14.3 Å². The Morgan fingerprint density at radius 1 is 1.05 bits per heavy atom. The molecule has 0 aromatic carbocycles. The molecule has 0 saturated carbocycles. The van der Waals surface area contributed by atoms with Crippen LogP contribution in [0, 0.1) is 0 Å². The Labute approximate surface area is 151 Å². The van der Waals surface area contributed by atoms with Crippen molar-refractivity contribution in [3.05, 3.63) is 0 Å². The van der Waals surface area contributed by atoms with E-state index in [4.69, 9.17) is 9.47 Å². The van der Waals surface area contributed by atoms with Crippen molar-refractivity contribution in [1.82, 2.24) is 16.0 Å². The molecule has 3 N–H and O–H groups in total. The summed E-state index contributed by atoms with van der Waals surface area (Å²) in [5, 5.41) is 9.20. The van der Waals surface area contributed by atoms with Gasteiger partial charge in [0.2, 0.25) is 5.91 Å². The molecule has 0 fully saturated rings. The molecule has 22 heavy (non-hydrogen) atoms. The van der Waals surface area contributed by atoms with Crippen LogP contribution in [0.2, 0.25) is 0 Å². The Bertz CT molecular complexity index is 291. The maximum Gasteiger partial charge on any atom is 0.216 e. The second-order valence-corrected chi connectivity index (χ2v) is 4.46. The SMILES string of the molecule is CCOCCCNC(=NCCCNC(C)=O)NCCOC.I. The van der Waals surface area contributed by atoms with Crippen LogP contribution < -0.4 is 16.0 Å². The van der Waals surface area contributed by atoms with E-state index in [0.717, 1.165) is 38.6 Å². The maximum atomic E-state index is 10.7. The van der Waals surface area contributed by atoms with E-state index >= 15 is 0 Å². The monoisotopic (exact) mass is 430 g/mol. The first-order valence-corrected chi connectivity index (χ1v) is 7.54. The second kappa shape index (κ2) is 18.4. The number of rotatable bonds is 12. The van der Waals surface area contributed by atoms with Gasteiger partial charge < -0.3 is 25.4 Å². The topological polar surface area (TPSA) is 84.0 Å². The number of ether oxygens (including phenoxy) is 2. The number of aliphatic imine (C=N–C) groups is 1. The first-order chi connectivity index (χ1) is 10.2. The van der Waals surface area contributed by atoms with Crippen molar-refractivity contribution in [3.63, 3.8) is 0 Å². The van der Waals surface area contributed by atoms with Crippen LogP contribution in [0.3, 0.4) is 0 Å². The molecule has 0 aromatic heterocycles. The van der Waals surface area contributed by atoms with Gasteiger partial charge in [0.05, 0.1) is 6.61 Å². The number of hydrogen-bond acceptors (Lipinski definition) is 4. The molecule has 0 bridgehead atoms. The normalized spacial score (nSPS) is 10.8. The summed E-state index contributed by atoms with van der Waals surface area (Å²) >= 11 is 0. The molecule has 7 nitrogen and oxygen atoms in total. The number of amides is 1. The lowest BCUT2D eigenvalue weighted by atomic mass is 10.4. The van der Waals surface area contributed by atoms with Crippen LogP contribution in [0.1, 0.15) is 26.7 Å². The summed E-state index contributed by atoms with van der Waals surface area (Å²) in [6.07, 6.45) is 1.75. The summed E-state index contributed by atoms with van der Waals surface area (Å²) in [5.74, 6) is 0.762. The lowest BCUT2D eigenvalue weighted by molar-refractivity contribution is -0.118. The molecule has 0 aliphatic rings. The zero-order valence-corrected chi connectivity index (χ0v) is 16.3. The van der Waals surface area contributed by atoms with Crippen molar-refractivity contribution in [1.29, 1.82) is 0 Å². The van der Waals surface area contributed by atoms with Gasteiger partial charge >= 0.3 is 0 Å². The van der Waals surface area contributed by atoms with E-state index in [1.807, 2.05) is 6.92 Å². The van der Waals surface area contributed by atoms with Crippen LogP contribution in [0.5, 0.6) is 0 Å². The number of guanidine groups is 1. The fraction of sp³-hybridized carbons (Fsp3) is 0.857. The Hall–Kier alpha value is -0.610. The standard InChI is InChI=1S/C14H30N4O3.HI/c1-4-21-11-6-9-17-14(18-10-12-20-3)16-8-5-7-15-13(2)19;/h4-12H2,1-3H3,(H,15,19)(H2,16,17,18);1H. The highest BCUT2D eigenvalue weighted by Gasteiger charge is 1.98. The van der Waals surface area contributed by atoms with Gasteiger partial charge in [0.1, 0.15) is 0 Å². The fourth-order valence-corrected chi connectivity index (χ4v) is 1.51. The van der Waals surface area contributed by atoms with Crippen LogP contribution in [-0.4, -0.2) is 65.0 Å². The molecule has 0 spiro atoms. The van der Waals surface area contributed by atoms with Crippen molar-refractivity contribution in [2.24, 2.45) is 4.99 Å². The third-order valence-electron chi connectivity index (χ3n) is 2.54. The molecule has 0 aliphatic heterocycles. The van der Waals surface area contributed by atoms with Gasteiger partial charge in [0, 0.05) is 53.4 Å². The van der Waals surface area contributed by atoms with E-state index in [1.54, 1.807) is 7.11 Å². The van der Waals surface area contributed by atoms with E-state index in [-0.39, 0.29) is 29.9 Å². The number of carbonyl (C=O) groups is 1. The quantitative estimate of drug-likeness (QED) is 0.184. The average molecular weight is 430 g/mol. The predicted octanol–water partition coefficient (Wildman–Crippen LogP) is 0.739. The van der Waals surface area contributed by atoms with E-state index in [9.17, 15) is 4.79 Å². The first kappa shape index (κ1) is 23.7. The molecule has 0 rings (SSSR count). The highest BCUT2D eigenvalue weighted by Crippen LogP contribution is 1.84. The van der Waals surface area contributed by atoms with E-state index in [2.05, 4.69) is 20.9 Å². The molecule has 1 amide bonds. The minimum atomic E-state index is -0.00790. The van der Waals surface area contributed by atoms with Crippen LogP contribution >= 0.6 is 24.0 Å². The highest BCUT2D eigenvalue weighted by atomic mass is 127. The van der Waals surface area contributed by atoms with Gasteiger partial charge in [-0.2, -0.15) is 0 Å². The maximum absolute atomic E-state index is 10.7. The van der Waals surface area contributed by atoms with Gasteiger partial charge in [-0.1, -0.05) is 0 Å². The summed E-state index contributed by atoms with van der Waals surface area (Å²) in [6, 6.07) is 0. The summed E-state index contributed by atoms with van der Waals surface area (Å²) in [7, 11) is 1.67. The molecule has 0 aromatic rings. The third kappa shape index (κ3) is 17.4. The van der Waals surface area contributed by atoms with E-state index in [0.29, 0.717) is 26.2 Å². The first-order valence-electron chi connectivity index (χ1n) is 7.54. The van der Waals surface area contributed by atoms with Crippen molar-refractivity contribution in [2.75, 3.05) is 53.1 Å². The minimum Gasteiger partial charge on any atom is -0.383 e. The Balaban J connectivity index is 0.